The van der Waals surface area contributed by atoms with Crippen molar-refractivity contribution in [3.63, 3.8) is 0 Å². The monoisotopic (exact) mass is 300 g/mol. The highest BCUT2D eigenvalue weighted by Crippen LogP contribution is 2.25. The molecule has 0 aliphatic carbocycles. The van der Waals surface area contributed by atoms with Crippen molar-refractivity contribution in [3.8, 4) is 0 Å². The normalized spacial score (nSPS) is 17.9. The van der Waals surface area contributed by atoms with Crippen LogP contribution in [0.4, 0.5) is 0 Å². The van der Waals surface area contributed by atoms with E-state index in [4.69, 9.17) is 27.9 Å². The summed E-state index contributed by atoms with van der Waals surface area (Å²) in [5.41, 5.74) is 1.55. The molecule has 1 atom stereocenters. The number of ether oxygens (including phenoxy) is 1. The Morgan fingerprint density at radius 1 is 1.37 bits per heavy atom. The average Bonchev–Trinajstić information content (AvgIpc) is 2.78. The third kappa shape index (κ3) is 2.38. The number of halogens is 2. The molecule has 19 heavy (non-hydrogen) atoms. The van der Waals surface area contributed by atoms with Crippen LogP contribution in [0.1, 0.15) is 18.1 Å². The Morgan fingerprint density at radius 2 is 2.11 bits per heavy atom. The molecule has 5 nitrogen and oxygen atoms in total. The Hall–Kier alpha value is -1.04. The molecule has 0 radical (unpaired) electrons. The minimum atomic E-state index is -0.198. The molecule has 3 rings (SSSR count). The first kappa shape index (κ1) is 13.0. The van der Waals surface area contributed by atoms with Gasteiger partial charge < -0.3 is 9.75 Å². The van der Waals surface area contributed by atoms with Crippen LogP contribution in [0, 0.1) is 0 Å². The lowest BCUT2D eigenvalue weighted by atomic mass is 10.4. The summed E-state index contributed by atoms with van der Waals surface area (Å²) >= 11 is 12.2. The van der Waals surface area contributed by atoms with Crippen LogP contribution in [0.2, 0.25) is 5.02 Å². The van der Waals surface area contributed by atoms with E-state index < -0.39 is 0 Å². The molecule has 1 unspecified atom stereocenters. The van der Waals surface area contributed by atoms with Gasteiger partial charge in [-0.05, 0) is 13.0 Å². The second-order valence-corrected chi connectivity index (χ2v) is 5.55. The van der Waals surface area contributed by atoms with Crippen LogP contribution < -0.4 is 5.01 Å². The number of aromatic nitrogens is 3. The van der Waals surface area contributed by atoms with Crippen molar-refractivity contribution in [2.45, 2.75) is 12.3 Å². The summed E-state index contributed by atoms with van der Waals surface area (Å²) in [5.74, 6) is 0.785. The van der Waals surface area contributed by atoms with Gasteiger partial charge in [0, 0.05) is 6.20 Å². The fourth-order valence-electron chi connectivity index (χ4n) is 2.24. The van der Waals surface area contributed by atoms with E-state index in [1.165, 1.54) is 0 Å². The van der Waals surface area contributed by atoms with Gasteiger partial charge in [0.25, 0.3) is 0 Å². The molecule has 1 saturated heterocycles. The summed E-state index contributed by atoms with van der Waals surface area (Å²) in [7, 11) is 0. The van der Waals surface area contributed by atoms with Crippen LogP contribution in [0.5, 0.6) is 0 Å². The van der Waals surface area contributed by atoms with Crippen LogP contribution in [0.15, 0.2) is 12.3 Å². The largest absolute Gasteiger partial charge is 0.378 e. The predicted octanol–water partition coefficient (Wildman–Crippen LogP) is 2.35. The van der Waals surface area contributed by atoms with E-state index in [9.17, 15) is 0 Å². The predicted molar refractivity (Wildman–Crippen MR) is 75.6 cm³/mol. The van der Waals surface area contributed by atoms with Gasteiger partial charge in [-0.3, -0.25) is 0 Å². The number of alkyl halides is 1. The Labute approximate surface area is 121 Å². The van der Waals surface area contributed by atoms with Gasteiger partial charge in [0.15, 0.2) is 5.65 Å². The molecule has 1 fully saturated rings. The molecule has 102 valence electrons. The zero-order valence-corrected chi connectivity index (χ0v) is 12.0. The van der Waals surface area contributed by atoms with Gasteiger partial charge in [-0.25, -0.2) is 14.6 Å². The van der Waals surface area contributed by atoms with E-state index in [1.807, 2.05) is 17.7 Å². The van der Waals surface area contributed by atoms with Crippen LogP contribution in [0.3, 0.4) is 0 Å². The third-order valence-corrected chi connectivity index (χ3v) is 3.49. The molecule has 0 aromatic carbocycles. The van der Waals surface area contributed by atoms with Crippen molar-refractivity contribution < 1.29 is 4.74 Å². The Kier molecular flexibility index (Phi) is 3.52. The van der Waals surface area contributed by atoms with Crippen LogP contribution >= 0.6 is 23.2 Å². The van der Waals surface area contributed by atoms with Gasteiger partial charge >= 0.3 is 0 Å². The summed E-state index contributed by atoms with van der Waals surface area (Å²) in [4.78, 5) is 8.94. The Balaban J connectivity index is 2.15. The molecular formula is C12H14Cl2N4O. The maximum Gasteiger partial charge on any atom is 0.179 e. The summed E-state index contributed by atoms with van der Waals surface area (Å²) in [6.45, 7) is 4.90. The van der Waals surface area contributed by atoms with Gasteiger partial charge in [0.1, 0.15) is 11.3 Å². The second-order valence-electron chi connectivity index (χ2n) is 4.46. The number of fused-ring (bicyclic) bond motifs is 1. The van der Waals surface area contributed by atoms with Gasteiger partial charge in [-0.1, -0.05) is 11.6 Å². The van der Waals surface area contributed by atoms with Crippen molar-refractivity contribution in [2.24, 2.45) is 0 Å². The molecule has 2 aromatic heterocycles. The number of hydrogen-bond acceptors (Lipinski definition) is 4. The number of hydrogen-bond donors (Lipinski definition) is 0. The Morgan fingerprint density at radius 3 is 2.79 bits per heavy atom. The van der Waals surface area contributed by atoms with E-state index in [0.29, 0.717) is 18.2 Å². The molecule has 1 aliphatic rings. The summed E-state index contributed by atoms with van der Waals surface area (Å²) in [5, 5.41) is 2.54. The van der Waals surface area contributed by atoms with Crippen molar-refractivity contribution in [1.82, 2.24) is 14.6 Å². The van der Waals surface area contributed by atoms with Gasteiger partial charge in [0.2, 0.25) is 0 Å². The highest BCUT2D eigenvalue weighted by atomic mass is 35.5. The van der Waals surface area contributed by atoms with Crippen molar-refractivity contribution in [3.05, 3.63) is 23.1 Å². The lowest BCUT2D eigenvalue weighted by Gasteiger charge is -2.31. The summed E-state index contributed by atoms with van der Waals surface area (Å²) in [6, 6.07) is 1.81. The molecule has 0 spiro atoms. The fraction of sp³-hybridized carbons (Fsp3) is 0.500. The molecule has 7 heteroatoms. The zero-order chi connectivity index (χ0) is 13.4. The highest BCUT2D eigenvalue weighted by molar-refractivity contribution is 6.31. The van der Waals surface area contributed by atoms with Crippen LogP contribution in [-0.4, -0.2) is 40.9 Å². The van der Waals surface area contributed by atoms with E-state index in [0.717, 1.165) is 30.1 Å². The number of rotatable bonds is 2. The third-order valence-electron chi connectivity index (χ3n) is 3.09. The van der Waals surface area contributed by atoms with Crippen molar-refractivity contribution in [2.75, 3.05) is 31.3 Å². The first-order valence-corrected chi connectivity index (χ1v) is 6.99. The molecular weight excluding hydrogens is 287 g/mol. The molecule has 3 heterocycles. The first-order valence-electron chi connectivity index (χ1n) is 6.18. The standard InChI is InChI=1S/C12H14Cl2N4O/c1-8(13)11-16-10-6-9(14)7-15-12(10)18(11)17-2-4-19-5-3-17/h6-8H,2-5H2,1H3. The van der Waals surface area contributed by atoms with Crippen LogP contribution in [-0.2, 0) is 4.74 Å². The topological polar surface area (TPSA) is 43.2 Å². The quantitative estimate of drug-likeness (QED) is 0.799. The lowest BCUT2D eigenvalue weighted by molar-refractivity contribution is 0.111. The fourth-order valence-corrected chi connectivity index (χ4v) is 2.53. The summed E-state index contributed by atoms with van der Waals surface area (Å²) in [6.07, 6.45) is 1.63. The van der Waals surface area contributed by atoms with Gasteiger partial charge in [0.05, 0.1) is 36.7 Å². The second kappa shape index (κ2) is 5.15. The molecule has 2 aromatic rings. The first-order chi connectivity index (χ1) is 9.16. The van der Waals surface area contributed by atoms with Gasteiger partial charge in [-0.2, -0.15) is 0 Å². The van der Waals surface area contributed by atoms with E-state index >= 15 is 0 Å². The molecule has 0 saturated carbocycles. The maximum absolute atomic E-state index is 6.24. The summed E-state index contributed by atoms with van der Waals surface area (Å²) < 4.78 is 7.37. The highest BCUT2D eigenvalue weighted by Gasteiger charge is 2.22. The smallest absolute Gasteiger partial charge is 0.179 e. The molecule has 0 amide bonds. The average molecular weight is 301 g/mol. The van der Waals surface area contributed by atoms with Crippen LogP contribution in [0.25, 0.3) is 11.2 Å². The van der Waals surface area contributed by atoms with E-state index in [-0.39, 0.29) is 5.38 Å². The zero-order valence-electron chi connectivity index (χ0n) is 10.5. The maximum atomic E-state index is 6.24. The minimum Gasteiger partial charge on any atom is -0.378 e. The number of nitrogens with zero attached hydrogens (tertiary/aromatic N) is 4. The van der Waals surface area contributed by atoms with E-state index in [2.05, 4.69) is 15.0 Å². The number of imidazole rings is 1. The molecule has 0 N–H and O–H groups in total. The minimum absolute atomic E-state index is 0.198. The molecule has 0 bridgehead atoms. The van der Waals surface area contributed by atoms with E-state index in [1.54, 1.807) is 6.20 Å². The van der Waals surface area contributed by atoms with Crippen molar-refractivity contribution in [1.29, 1.82) is 0 Å². The Bertz CT molecular complexity index is 593. The number of pyridine rings is 1. The molecule has 1 aliphatic heterocycles. The van der Waals surface area contributed by atoms with Gasteiger partial charge in [-0.15, -0.1) is 11.6 Å². The SMILES string of the molecule is CC(Cl)c1nc2cc(Cl)cnc2n1N1CCOCC1. The lowest BCUT2D eigenvalue weighted by Crippen LogP contribution is -2.44. The van der Waals surface area contributed by atoms with Crippen molar-refractivity contribution >= 4 is 34.4 Å². The number of morpholine rings is 1.